The van der Waals surface area contributed by atoms with Crippen molar-refractivity contribution in [2.75, 3.05) is 33.3 Å². The number of ether oxygens (including phenoxy) is 1. The summed E-state index contributed by atoms with van der Waals surface area (Å²) in [7, 11) is -2.30. The van der Waals surface area contributed by atoms with E-state index in [-0.39, 0.29) is 22.6 Å². The molecular weight excluding hydrogens is 404 g/mol. The monoisotopic (exact) mass is 430 g/mol. The van der Waals surface area contributed by atoms with E-state index in [2.05, 4.69) is 14.6 Å². The summed E-state index contributed by atoms with van der Waals surface area (Å²) in [5.74, 6) is 0.0718. The number of pyridine rings is 1. The maximum atomic E-state index is 13.0. The third kappa shape index (κ3) is 4.80. The maximum Gasteiger partial charge on any atom is 0.253 e. The summed E-state index contributed by atoms with van der Waals surface area (Å²) >= 11 is 0. The highest BCUT2D eigenvalue weighted by Gasteiger charge is 2.31. The van der Waals surface area contributed by atoms with Gasteiger partial charge < -0.3 is 9.64 Å². The number of sulfonamides is 1. The highest BCUT2D eigenvalue weighted by atomic mass is 32.2. The summed E-state index contributed by atoms with van der Waals surface area (Å²) in [6.07, 6.45) is 5.28. The zero-order chi connectivity index (χ0) is 21.1. The first-order chi connectivity index (χ1) is 14.5. The number of nitrogens with zero attached hydrogens (tertiary/aromatic N) is 3. The standard InChI is InChI=1S/C21H26N4O4S/c1-29-19-7-4-17(13-20(19)30(27,28)23-18-5-6-18)21(26)25-11-9-24(10-12-25)15-16-3-2-8-22-14-16/h2-4,7-8,13-14,18,23H,5-6,9-12,15H2,1H3. The zero-order valence-electron chi connectivity index (χ0n) is 17.0. The molecule has 160 valence electrons. The van der Waals surface area contributed by atoms with Crippen LogP contribution in [0.15, 0.2) is 47.6 Å². The van der Waals surface area contributed by atoms with E-state index in [1.165, 1.54) is 13.2 Å². The van der Waals surface area contributed by atoms with Crippen molar-refractivity contribution in [1.29, 1.82) is 0 Å². The summed E-state index contributed by atoms with van der Waals surface area (Å²) in [5.41, 5.74) is 1.50. The molecule has 2 aliphatic rings. The molecule has 1 N–H and O–H groups in total. The molecule has 0 spiro atoms. The summed E-state index contributed by atoms with van der Waals surface area (Å²) in [6, 6.07) is 8.54. The summed E-state index contributed by atoms with van der Waals surface area (Å²) in [6.45, 7) is 3.49. The SMILES string of the molecule is COc1ccc(C(=O)N2CCN(Cc3cccnc3)CC2)cc1S(=O)(=O)NC1CC1. The lowest BCUT2D eigenvalue weighted by atomic mass is 10.1. The van der Waals surface area contributed by atoms with Crippen LogP contribution in [0.4, 0.5) is 0 Å². The second-order valence-electron chi connectivity index (χ2n) is 7.69. The Kier molecular flexibility index (Phi) is 6.03. The minimum Gasteiger partial charge on any atom is -0.495 e. The lowest BCUT2D eigenvalue weighted by Gasteiger charge is -2.34. The van der Waals surface area contributed by atoms with Crippen molar-refractivity contribution in [3.63, 3.8) is 0 Å². The minimum absolute atomic E-state index is 0.0120. The molecule has 1 aliphatic heterocycles. The lowest BCUT2D eigenvalue weighted by molar-refractivity contribution is 0.0628. The molecule has 8 nitrogen and oxygen atoms in total. The number of benzene rings is 1. The van der Waals surface area contributed by atoms with Gasteiger partial charge in [-0.2, -0.15) is 0 Å². The van der Waals surface area contributed by atoms with Gasteiger partial charge in [0.15, 0.2) is 0 Å². The van der Waals surface area contributed by atoms with Crippen molar-refractivity contribution in [2.45, 2.75) is 30.3 Å². The molecule has 0 unspecified atom stereocenters. The van der Waals surface area contributed by atoms with Crippen LogP contribution in [0.5, 0.6) is 5.75 Å². The Morgan fingerprint density at radius 3 is 2.60 bits per heavy atom. The first-order valence-electron chi connectivity index (χ1n) is 10.1. The molecule has 1 saturated carbocycles. The van der Waals surface area contributed by atoms with Crippen LogP contribution in [0.2, 0.25) is 0 Å². The zero-order valence-corrected chi connectivity index (χ0v) is 17.8. The molecule has 4 rings (SSSR count). The van der Waals surface area contributed by atoms with Crippen LogP contribution in [0.1, 0.15) is 28.8 Å². The van der Waals surface area contributed by atoms with Gasteiger partial charge >= 0.3 is 0 Å². The highest BCUT2D eigenvalue weighted by Crippen LogP contribution is 2.28. The molecule has 2 aromatic rings. The van der Waals surface area contributed by atoms with E-state index in [0.29, 0.717) is 18.7 Å². The largest absolute Gasteiger partial charge is 0.495 e. The van der Waals surface area contributed by atoms with Crippen molar-refractivity contribution in [1.82, 2.24) is 19.5 Å². The molecule has 9 heteroatoms. The van der Waals surface area contributed by atoms with E-state index in [1.54, 1.807) is 23.2 Å². The van der Waals surface area contributed by atoms with E-state index in [1.807, 2.05) is 18.3 Å². The van der Waals surface area contributed by atoms with Crippen LogP contribution in [-0.4, -0.2) is 68.4 Å². The second kappa shape index (κ2) is 8.71. The normalized spacial score (nSPS) is 17.7. The van der Waals surface area contributed by atoms with E-state index < -0.39 is 10.0 Å². The molecule has 2 fully saturated rings. The molecule has 1 saturated heterocycles. The topological polar surface area (TPSA) is 91.8 Å². The summed E-state index contributed by atoms with van der Waals surface area (Å²) in [5, 5.41) is 0. The number of hydrogen-bond acceptors (Lipinski definition) is 6. The number of carbonyl (C=O) groups excluding carboxylic acids is 1. The van der Waals surface area contributed by atoms with Crippen molar-refractivity contribution in [3.8, 4) is 5.75 Å². The first kappa shape index (κ1) is 20.8. The van der Waals surface area contributed by atoms with Gasteiger partial charge in [-0.3, -0.25) is 14.7 Å². The lowest BCUT2D eigenvalue weighted by Crippen LogP contribution is -2.48. The molecular formula is C21H26N4O4S. The number of rotatable bonds is 7. The van der Waals surface area contributed by atoms with E-state index in [9.17, 15) is 13.2 Å². The third-order valence-corrected chi connectivity index (χ3v) is 6.93. The fourth-order valence-electron chi connectivity index (χ4n) is 3.55. The number of nitrogens with one attached hydrogen (secondary N) is 1. The van der Waals surface area contributed by atoms with Crippen molar-refractivity contribution >= 4 is 15.9 Å². The Hall–Kier alpha value is -2.49. The predicted octanol–water partition coefficient (Wildman–Crippen LogP) is 1.49. The van der Waals surface area contributed by atoms with Gasteiger partial charge in [0.2, 0.25) is 10.0 Å². The van der Waals surface area contributed by atoms with Crippen LogP contribution >= 0.6 is 0 Å². The molecule has 0 bridgehead atoms. The molecule has 1 aromatic carbocycles. The Balaban J connectivity index is 1.44. The average Bonchev–Trinajstić information content (AvgIpc) is 3.57. The van der Waals surface area contributed by atoms with Crippen LogP contribution in [0, 0.1) is 0 Å². The number of amides is 1. The average molecular weight is 431 g/mol. The van der Waals surface area contributed by atoms with Gasteiger partial charge in [0.1, 0.15) is 10.6 Å². The van der Waals surface area contributed by atoms with Crippen LogP contribution in [-0.2, 0) is 16.6 Å². The molecule has 0 radical (unpaired) electrons. The number of carbonyl (C=O) groups is 1. The smallest absolute Gasteiger partial charge is 0.253 e. The van der Waals surface area contributed by atoms with Crippen LogP contribution in [0.25, 0.3) is 0 Å². The highest BCUT2D eigenvalue weighted by molar-refractivity contribution is 7.89. The number of methoxy groups -OCH3 is 1. The summed E-state index contributed by atoms with van der Waals surface area (Å²) in [4.78, 5) is 21.2. The Morgan fingerprint density at radius 1 is 1.20 bits per heavy atom. The van der Waals surface area contributed by atoms with Crippen molar-refractivity contribution < 1.29 is 17.9 Å². The molecule has 0 atom stereocenters. The molecule has 2 heterocycles. The van der Waals surface area contributed by atoms with Gasteiger partial charge in [0.05, 0.1) is 7.11 Å². The van der Waals surface area contributed by atoms with Gasteiger partial charge in [-0.1, -0.05) is 6.07 Å². The van der Waals surface area contributed by atoms with E-state index >= 15 is 0 Å². The Bertz CT molecular complexity index is 1000. The van der Waals surface area contributed by atoms with Gasteiger partial charge in [-0.25, -0.2) is 13.1 Å². The molecule has 1 aromatic heterocycles. The van der Waals surface area contributed by atoms with Gasteiger partial charge in [0.25, 0.3) is 5.91 Å². The fourth-order valence-corrected chi connectivity index (χ4v) is 5.05. The Labute approximate surface area is 176 Å². The van der Waals surface area contributed by atoms with Crippen LogP contribution in [0.3, 0.4) is 0 Å². The van der Waals surface area contributed by atoms with E-state index in [4.69, 9.17) is 4.74 Å². The maximum absolute atomic E-state index is 13.0. The molecule has 1 amide bonds. The van der Waals surface area contributed by atoms with Crippen molar-refractivity contribution in [3.05, 3.63) is 53.9 Å². The molecule has 1 aliphatic carbocycles. The number of piperazine rings is 1. The number of hydrogen-bond donors (Lipinski definition) is 1. The van der Waals surface area contributed by atoms with Crippen LogP contribution < -0.4 is 9.46 Å². The van der Waals surface area contributed by atoms with E-state index in [0.717, 1.165) is 38.0 Å². The minimum atomic E-state index is -3.73. The quantitative estimate of drug-likeness (QED) is 0.716. The van der Waals surface area contributed by atoms with Crippen molar-refractivity contribution in [2.24, 2.45) is 0 Å². The second-order valence-corrected chi connectivity index (χ2v) is 9.37. The fraction of sp³-hybridized carbons (Fsp3) is 0.429. The Morgan fingerprint density at radius 2 is 1.97 bits per heavy atom. The number of aromatic nitrogens is 1. The first-order valence-corrected chi connectivity index (χ1v) is 11.6. The van der Waals surface area contributed by atoms with Gasteiger partial charge in [-0.15, -0.1) is 0 Å². The summed E-state index contributed by atoms with van der Waals surface area (Å²) < 4.78 is 33.3. The van der Waals surface area contributed by atoms with Gasteiger partial charge in [0, 0.05) is 56.7 Å². The predicted molar refractivity (Wildman–Crippen MR) is 112 cm³/mol. The molecule has 30 heavy (non-hydrogen) atoms. The van der Waals surface area contributed by atoms with Gasteiger partial charge in [-0.05, 0) is 42.7 Å². The third-order valence-electron chi connectivity index (χ3n) is 5.39.